The zero-order valence-corrected chi connectivity index (χ0v) is 75.5. The first-order chi connectivity index (χ1) is 58.8. The van der Waals surface area contributed by atoms with Crippen LogP contribution in [0.1, 0.15) is 115 Å². The molecule has 4 saturated carbocycles. The number of rotatable bonds is 17. The maximum Gasteiger partial charge on any atom is 0.516 e. The van der Waals surface area contributed by atoms with Gasteiger partial charge in [-0.2, -0.15) is 4.79 Å². The second-order valence-corrected chi connectivity index (χ2v) is 38.2. The average molecular weight is 1730 g/mol. The summed E-state index contributed by atoms with van der Waals surface area (Å²) in [5, 5.41) is 2.33. The van der Waals surface area contributed by atoms with Crippen molar-refractivity contribution < 1.29 is 46.5 Å². The number of carbonyl (C=O) groups excluding carboxylic acids is 2. The summed E-state index contributed by atoms with van der Waals surface area (Å²) in [5.74, 6) is 7.67. The van der Waals surface area contributed by atoms with Crippen molar-refractivity contribution in [3.8, 4) is 17.2 Å². The van der Waals surface area contributed by atoms with Crippen molar-refractivity contribution in [2.24, 2.45) is 47.3 Å². The van der Waals surface area contributed by atoms with Crippen LogP contribution >= 0.6 is 34.8 Å². The zero-order valence-electron chi connectivity index (χ0n) is 73.2. The Morgan fingerprint density at radius 1 is 0.446 bits per heavy atom. The fourth-order valence-electron chi connectivity index (χ4n) is 23.2. The fraction of sp³-hybridized carbons (Fsp3) is 0.629. The summed E-state index contributed by atoms with van der Waals surface area (Å²) in [6.45, 7) is 35.8. The van der Waals surface area contributed by atoms with Gasteiger partial charge in [0.2, 0.25) is 0 Å². The van der Waals surface area contributed by atoms with Crippen molar-refractivity contribution >= 4 is 75.4 Å². The summed E-state index contributed by atoms with van der Waals surface area (Å²) < 4.78 is 54.3. The highest BCUT2D eigenvalue weighted by molar-refractivity contribution is 6.33. The van der Waals surface area contributed by atoms with E-state index in [1.807, 2.05) is 73.3 Å². The third-order valence-electron chi connectivity index (χ3n) is 29.9. The molecule has 0 spiro atoms. The van der Waals surface area contributed by atoms with Crippen LogP contribution in [0.15, 0.2) is 115 Å². The highest BCUT2D eigenvalue weighted by Gasteiger charge is 2.58. The summed E-state index contributed by atoms with van der Waals surface area (Å²) in [4.78, 5) is 51.3. The lowest BCUT2D eigenvalue weighted by atomic mass is 9.80. The predicted molar refractivity (Wildman–Crippen MR) is 487 cm³/mol. The third kappa shape index (κ3) is 21.5. The minimum absolute atomic E-state index is 0.00667. The summed E-state index contributed by atoms with van der Waals surface area (Å²) in [6.07, 6.45) is 28.0. The van der Waals surface area contributed by atoms with Crippen molar-refractivity contribution in [3.05, 3.63) is 153 Å². The van der Waals surface area contributed by atoms with Crippen LogP contribution in [-0.4, -0.2) is 275 Å². The molecule has 8 heterocycles. The van der Waals surface area contributed by atoms with E-state index in [0.717, 1.165) is 273 Å². The molecule has 0 N–H and O–H groups in total. The van der Waals surface area contributed by atoms with Gasteiger partial charge < -0.3 is 53.1 Å². The molecule has 12 fully saturated rings. The Labute approximate surface area is 735 Å². The molecule has 19 rings (SSSR count). The molecule has 660 valence electrons. The normalized spacial score (nSPS) is 28.5. The second-order valence-electron chi connectivity index (χ2n) is 36.9. The molecule has 11 unspecified atom stereocenters. The summed E-state index contributed by atoms with van der Waals surface area (Å²) in [7, 11) is 4.92. The number of benzene rings is 5. The van der Waals surface area contributed by atoms with Gasteiger partial charge in [-0.25, -0.2) is 18.1 Å². The second kappa shape index (κ2) is 41.6. The molecule has 24 heteroatoms. The number of hydrogen-bond donors (Lipinski definition) is 0. The van der Waals surface area contributed by atoms with Gasteiger partial charge in [0.15, 0.2) is 11.6 Å². The number of piperidine rings is 1. The topological polar surface area (TPSA) is 116 Å². The van der Waals surface area contributed by atoms with Gasteiger partial charge in [-0.15, -0.1) is 0 Å². The number of ether oxygens (including phenoxy) is 5. The van der Waals surface area contributed by atoms with E-state index in [-0.39, 0.29) is 12.2 Å². The number of para-hydroxylation sites is 1. The Bertz CT molecular complexity index is 4280. The van der Waals surface area contributed by atoms with Crippen LogP contribution in [0.25, 0.3) is 0 Å². The first-order valence-electron chi connectivity index (χ1n) is 46.1. The number of fused-ring (bicyclic) bond motifs is 6. The monoisotopic (exact) mass is 1720 g/mol. The molecular weight excluding hydrogens is 1590 g/mol. The number of nitrogens with zero attached hydrogens (tertiary/aromatic N) is 12. The van der Waals surface area contributed by atoms with E-state index in [1.165, 1.54) is 114 Å². The van der Waals surface area contributed by atoms with E-state index in [9.17, 15) is 18.4 Å². The fourth-order valence-corrected chi connectivity index (χ4v) is 23.8. The minimum atomic E-state index is -0.862. The number of anilines is 5. The molecule has 8 saturated heterocycles. The molecule has 4 bridgehead atoms. The lowest BCUT2D eigenvalue weighted by Crippen LogP contribution is -2.56. The van der Waals surface area contributed by atoms with Crippen molar-refractivity contribution in [3.63, 3.8) is 0 Å². The Balaban J connectivity index is 0.000000118. The van der Waals surface area contributed by atoms with E-state index >= 15 is 0 Å². The summed E-state index contributed by atoms with van der Waals surface area (Å²) in [5.41, 5.74) is 8.25. The molecule has 11 atom stereocenters. The molecule has 8 aliphatic heterocycles. The number of amides is 2. The number of allylic oxidation sites excluding steroid dienone is 4. The maximum atomic E-state index is 13.6. The zero-order chi connectivity index (χ0) is 84.3. The van der Waals surface area contributed by atoms with E-state index in [4.69, 9.17) is 58.5 Å². The minimum Gasteiger partial charge on any atom is -0.495 e. The van der Waals surface area contributed by atoms with Gasteiger partial charge in [0, 0.05) is 216 Å². The molecule has 5 aromatic carbocycles. The van der Waals surface area contributed by atoms with Gasteiger partial charge in [0.05, 0.1) is 74.9 Å². The molecule has 2 amide bonds. The number of likely N-dealkylation sites (tertiary alicyclic amines) is 1. The van der Waals surface area contributed by atoms with Crippen LogP contribution in [0.5, 0.6) is 17.2 Å². The maximum absolute atomic E-state index is 13.6. The molecular formula is C97H136Cl3F2N12O7+. The van der Waals surface area contributed by atoms with Gasteiger partial charge in [-0.1, -0.05) is 96.2 Å². The van der Waals surface area contributed by atoms with Crippen molar-refractivity contribution in [2.75, 3.05) is 229 Å². The standard InChI is InChI=1S/C20H29ClN3O2.C20H30N2.C19H28ClN3O3.C19H25ClN2O.C19H24F2N2O/c1-2-26-20(25)24-13-5-6-17(24)14-16(15-24)22-9-11-23(12-10-22)19-8-4-3-7-18(19)21;1-15-3-4-16(2)20(11-15)22-9-7-21(8-10-22)19-13-17-5-6-18(12-17)14-19;1-3-26-19(24)23-8-6-16(7-9-23)21-10-12-22(13-11-21)17-14-15(20)4-5-18(17)25-2;1-23-19-5-4-17(20)12-18(19)22-8-6-21(7-9-22)13-16-11-14-2-3-15(16)10-14;1-24-19-11-17(21)16(20)10-18(19)23-8-6-22(7-9-23)12-14-3-2-13-4-5-15(13)14/h3-4,7-8,16-17H,2,5-6,9-15H2,1H3;3-4,11,17-19H,5-10,12-14H2,1-2H3;4-5,14,16H,3,6-13H2,1-2H3;2-5,12,14-16H,6-11,13H2,1H3;4-5,10-11,13-15H,2-3,6-9,12H2,1H3/q+1;;;;. The predicted octanol–water partition coefficient (Wildman–Crippen LogP) is 17.5. The molecule has 5 aromatic rings. The van der Waals surface area contributed by atoms with Gasteiger partial charge in [0.25, 0.3) is 0 Å². The van der Waals surface area contributed by atoms with Crippen LogP contribution in [-0.2, 0) is 9.47 Å². The van der Waals surface area contributed by atoms with Crippen LogP contribution in [0, 0.1) is 72.8 Å². The Hall–Kier alpha value is -6.79. The van der Waals surface area contributed by atoms with Gasteiger partial charge in [-0.3, -0.25) is 24.5 Å². The van der Waals surface area contributed by atoms with E-state index in [2.05, 4.69) is 111 Å². The highest BCUT2D eigenvalue weighted by Crippen LogP contribution is 2.48. The summed E-state index contributed by atoms with van der Waals surface area (Å²) >= 11 is 18.7. The van der Waals surface area contributed by atoms with E-state index in [0.29, 0.717) is 47.3 Å². The number of quaternary nitrogens is 1. The first-order valence-corrected chi connectivity index (χ1v) is 47.2. The van der Waals surface area contributed by atoms with Crippen molar-refractivity contribution in [1.29, 1.82) is 0 Å². The van der Waals surface area contributed by atoms with Crippen molar-refractivity contribution in [2.45, 2.75) is 142 Å². The van der Waals surface area contributed by atoms with E-state index in [1.54, 1.807) is 20.6 Å². The third-order valence-corrected chi connectivity index (χ3v) is 30.7. The van der Waals surface area contributed by atoms with E-state index < -0.39 is 11.6 Å². The molecule has 121 heavy (non-hydrogen) atoms. The quantitative estimate of drug-likeness (QED) is 0.0649. The summed E-state index contributed by atoms with van der Waals surface area (Å²) in [6, 6.07) is 31.4. The molecule has 14 aliphatic rings. The number of hydrogen-bond acceptors (Lipinski definition) is 17. The largest absolute Gasteiger partial charge is 0.516 e. The van der Waals surface area contributed by atoms with Crippen LogP contribution in [0.3, 0.4) is 0 Å². The smallest absolute Gasteiger partial charge is 0.495 e. The average Bonchev–Trinajstić information content (AvgIpc) is 1.60. The van der Waals surface area contributed by atoms with Gasteiger partial charge in [0.1, 0.15) is 29.8 Å². The Morgan fingerprint density at radius 3 is 1.51 bits per heavy atom. The highest BCUT2D eigenvalue weighted by atomic mass is 35.5. The lowest BCUT2D eigenvalue weighted by molar-refractivity contribution is -0.857. The Morgan fingerprint density at radius 2 is 0.975 bits per heavy atom. The Kier molecular flexibility index (Phi) is 30.6. The van der Waals surface area contributed by atoms with Gasteiger partial charge in [-0.05, 0) is 199 Å². The lowest BCUT2D eigenvalue weighted by Gasteiger charge is -2.43. The van der Waals surface area contributed by atoms with Gasteiger partial charge >= 0.3 is 12.2 Å². The molecule has 0 aromatic heterocycles. The number of halogens is 5. The van der Waals surface area contributed by atoms with Crippen LogP contribution < -0.4 is 38.7 Å². The number of carbonyl (C=O) groups is 2. The van der Waals surface area contributed by atoms with Crippen LogP contribution in [0.2, 0.25) is 15.1 Å². The first kappa shape index (κ1) is 89.0. The number of piperazine rings is 5. The SMILES string of the molecule is CCOC(=O)N1CCC(N2CCN(c3cc(Cl)ccc3OC)CC2)CC1.CCOC(=O)[N+]12CCCC1CC(N1CCN(c3ccccc3Cl)CC1)C2.COc1cc(F)c(F)cc1N1CCN(CC2CCC3C=CC32)CC1.COc1ccc(Cl)cc1N1CCN(CC2CC3C=CC2C3)CC1.Cc1ccc(C)c(N2CCN(C3CC4CCC(C4)C3)CC2)c1. The number of methoxy groups -OCH3 is 3. The van der Waals surface area contributed by atoms with Crippen LogP contribution in [0.4, 0.5) is 46.8 Å². The molecule has 0 radical (unpaired) electrons. The number of aryl methyl sites for hydroxylation is 2. The molecule has 19 nitrogen and oxygen atoms in total. The molecule has 6 aliphatic carbocycles. The van der Waals surface area contributed by atoms with Crippen molar-refractivity contribution in [1.82, 2.24) is 29.4 Å².